The Morgan fingerprint density at radius 2 is 1.32 bits per heavy atom. The molecule has 0 saturated carbocycles. The van der Waals surface area contributed by atoms with Crippen LogP contribution in [0.4, 0.5) is 0 Å². The number of benzene rings is 4. The van der Waals surface area contributed by atoms with Gasteiger partial charge in [0.1, 0.15) is 5.75 Å². The molecular formula is C22H18O3. The molecule has 0 unspecified atom stereocenters. The van der Waals surface area contributed by atoms with Crippen LogP contribution < -0.4 is 4.74 Å². The Kier molecular flexibility index (Phi) is 3.69. The van der Waals surface area contributed by atoms with E-state index >= 15 is 0 Å². The Morgan fingerprint density at radius 1 is 0.760 bits per heavy atom. The van der Waals surface area contributed by atoms with Crippen molar-refractivity contribution in [2.24, 2.45) is 0 Å². The molecule has 0 aliphatic heterocycles. The second kappa shape index (κ2) is 6.02. The molecule has 0 radical (unpaired) electrons. The third-order valence-electron chi connectivity index (χ3n) is 4.64. The summed E-state index contributed by atoms with van der Waals surface area (Å²) in [5.74, 6) is 0.907. The Morgan fingerprint density at radius 3 is 1.84 bits per heavy atom. The third-order valence-corrected chi connectivity index (χ3v) is 4.64. The van der Waals surface area contributed by atoms with Crippen molar-refractivity contribution < 1.29 is 14.9 Å². The second-order valence-electron chi connectivity index (χ2n) is 6.10. The van der Waals surface area contributed by atoms with E-state index in [0.717, 1.165) is 32.7 Å². The highest BCUT2D eigenvalue weighted by Crippen LogP contribution is 2.38. The molecule has 2 N–H and O–H groups in total. The number of phenolic OH excluding ortho intramolecular Hbond substituents is 2. The molecule has 0 bridgehead atoms. The Bertz CT molecular complexity index is 1030. The summed E-state index contributed by atoms with van der Waals surface area (Å²) >= 11 is 0. The summed E-state index contributed by atoms with van der Waals surface area (Å²) in [5.41, 5.74) is 2.12. The van der Waals surface area contributed by atoms with Crippen molar-refractivity contribution in [1.82, 2.24) is 0 Å². The van der Waals surface area contributed by atoms with E-state index in [1.54, 1.807) is 12.1 Å². The van der Waals surface area contributed by atoms with Crippen LogP contribution in [0.15, 0.2) is 66.7 Å². The minimum atomic E-state index is 0.132. The molecule has 124 valence electrons. The maximum absolute atomic E-state index is 10.7. The van der Waals surface area contributed by atoms with Crippen LogP contribution >= 0.6 is 0 Å². The molecule has 0 atom stereocenters. The van der Waals surface area contributed by atoms with Crippen LogP contribution in [0.25, 0.3) is 21.5 Å². The van der Waals surface area contributed by atoms with Gasteiger partial charge in [0.25, 0.3) is 0 Å². The predicted molar refractivity (Wildman–Crippen MR) is 101 cm³/mol. The maximum atomic E-state index is 10.7. The summed E-state index contributed by atoms with van der Waals surface area (Å²) in [7, 11) is 1.54. The lowest BCUT2D eigenvalue weighted by Gasteiger charge is -2.14. The fraction of sp³-hybridized carbons (Fsp3) is 0.0909. The van der Waals surface area contributed by atoms with Crippen molar-refractivity contribution in [3.8, 4) is 17.2 Å². The van der Waals surface area contributed by atoms with Crippen LogP contribution in [0.5, 0.6) is 17.2 Å². The van der Waals surface area contributed by atoms with Gasteiger partial charge in [0.2, 0.25) is 0 Å². The lowest BCUT2D eigenvalue weighted by Crippen LogP contribution is -1.94. The lowest BCUT2D eigenvalue weighted by molar-refractivity contribution is 0.373. The zero-order valence-corrected chi connectivity index (χ0v) is 13.9. The standard InChI is InChI=1S/C22H18O3/c1-25-21-11-10-14(13-20(21)23)12-19-15-6-2-4-8-17(15)22(24)18-9-5-3-7-16(18)19/h2-11,13,23-24H,12H2,1H3. The number of hydrogen-bond acceptors (Lipinski definition) is 3. The highest BCUT2D eigenvalue weighted by molar-refractivity contribution is 6.08. The minimum Gasteiger partial charge on any atom is -0.507 e. The molecule has 25 heavy (non-hydrogen) atoms. The normalized spacial score (nSPS) is 11.1. The number of fused-ring (bicyclic) bond motifs is 2. The van der Waals surface area contributed by atoms with Gasteiger partial charge in [-0.25, -0.2) is 0 Å². The first-order chi connectivity index (χ1) is 12.2. The molecule has 0 aromatic heterocycles. The van der Waals surface area contributed by atoms with Crippen LogP contribution in [0.3, 0.4) is 0 Å². The molecule has 0 amide bonds. The first-order valence-corrected chi connectivity index (χ1v) is 8.16. The van der Waals surface area contributed by atoms with Crippen molar-refractivity contribution in [3.63, 3.8) is 0 Å². The molecule has 0 aliphatic rings. The number of hydrogen-bond donors (Lipinski definition) is 2. The summed E-state index contributed by atoms with van der Waals surface area (Å²) in [6.07, 6.45) is 0.652. The van der Waals surface area contributed by atoms with Gasteiger partial charge < -0.3 is 14.9 Å². The molecule has 0 heterocycles. The second-order valence-corrected chi connectivity index (χ2v) is 6.10. The molecule has 4 rings (SSSR count). The van der Waals surface area contributed by atoms with Gasteiger partial charge in [-0.1, -0.05) is 54.6 Å². The molecular weight excluding hydrogens is 312 g/mol. The van der Waals surface area contributed by atoms with Crippen molar-refractivity contribution in [1.29, 1.82) is 0 Å². The fourth-order valence-electron chi connectivity index (χ4n) is 3.44. The zero-order valence-electron chi connectivity index (χ0n) is 13.9. The van der Waals surface area contributed by atoms with Gasteiger partial charge in [-0.05, 0) is 40.5 Å². The zero-order chi connectivity index (χ0) is 17.4. The van der Waals surface area contributed by atoms with Crippen LogP contribution in [0.2, 0.25) is 0 Å². The van der Waals surface area contributed by atoms with E-state index in [9.17, 15) is 10.2 Å². The van der Waals surface area contributed by atoms with E-state index in [-0.39, 0.29) is 5.75 Å². The minimum absolute atomic E-state index is 0.132. The summed E-state index contributed by atoms with van der Waals surface area (Å²) in [5, 5.41) is 24.5. The van der Waals surface area contributed by atoms with Gasteiger partial charge in [0.05, 0.1) is 7.11 Å². The molecule has 4 aromatic rings. The van der Waals surface area contributed by atoms with Gasteiger partial charge in [-0.15, -0.1) is 0 Å². The first kappa shape index (κ1) is 15.3. The smallest absolute Gasteiger partial charge is 0.160 e. The van der Waals surface area contributed by atoms with Crippen LogP contribution in [-0.4, -0.2) is 17.3 Å². The van der Waals surface area contributed by atoms with E-state index in [4.69, 9.17) is 4.74 Å². The Hall–Kier alpha value is -3.20. The first-order valence-electron chi connectivity index (χ1n) is 8.16. The van der Waals surface area contributed by atoms with Crippen molar-refractivity contribution in [3.05, 3.63) is 77.9 Å². The van der Waals surface area contributed by atoms with Gasteiger partial charge >= 0.3 is 0 Å². The molecule has 0 aliphatic carbocycles. The Labute approximate surface area is 145 Å². The number of methoxy groups -OCH3 is 1. The number of ether oxygens (including phenoxy) is 1. The van der Waals surface area contributed by atoms with Gasteiger partial charge in [0.15, 0.2) is 11.5 Å². The molecule has 0 fully saturated rings. The van der Waals surface area contributed by atoms with E-state index in [2.05, 4.69) is 0 Å². The van der Waals surface area contributed by atoms with Gasteiger partial charge in [-0.3, -0.25) is 0 Å². The van der Waals surface area contributed by atoms with Gasteiger partial charge in [-0.2, -0.15) is 0 Å². The maximum Gasteiger partial charge on any atom is 0.160 e. The Balaban J connectivity index is 1.96. The average molecular weight is 330 g/mol. The van der Waals surface area contributed by atoms with Crippen LogP contribution in [0.1, 0.15) is 11.1 Å². The lowest BCUT2D eigenvalue weighted by atomic mass is 9.91. The summed E-state index contributed by atoms with van der Waals surface area (Å²) in [6, 6.07) is 21.2. The predicted octanol–water partition coefficient (Wildman–Crippen LogP) is 5.00. The molecule has 4 aromatic carbocycles. The quantitative estimate of drug-likeness (QED) is 0.520. The number of aromatic hydroxyl groups is 2. The van der Waals surface area contributed by atoms with E-state index < -0.39 is 0 Å². The molecule has 0 spiro atoms. The number of rotatable bonds is 3. The van der Waals surface area contributed by atoms with Crippen molar-refractivity contribution >= 4 is 21.5 Å². The molecule has 3 heteroatoms. The van der Waals surface area contributed by atoms with Gasteiger partial charge in [0, 0.05) is 10.8 Å². The SMILES string of the molecule is COc1ccc(Cc2c3ccccc3c(O)c3ccccc23)cc1O. The highest BCUT2D eigenvalue weighted by atomic mass is 16.5. The summed E-state index contributed by atoms with van der Waals surface area (Å²) in [4.78, 5) is 0. The summed E-state index contributed by atoms with van der Waals surface area (Å²) < 4.78 is 5.12. The monoisotopic (exact) mass is 330 g/mol. The van der Waals surface area contributed by atoms with Crippen LogP contribution in [-0.2, 0) is 6.42 Å². The largest absolute Gasteiger partial charge is 0.507 e. The summed E-state index contributed by atoms with van der Waals surface area (Å²) in [6.45, 7) is 0. The molecule has 0 saturated heterocycles. The number of phenols is 2. The highest BCUT2D eigenvalue weighted by Gasteiger charge is 2.14. The topological polar surface area (TPSA) is 49.7 Å². The van der Waals surface area contributed by atoms with Crippen molar-refractivity contribution in [2.75, 3.05) is 7.11 Å². The van der Waals surface area contributed by atoms with Crippen molar-refractivity contribution in [2.45, 2.75) is 6.42 Å². The van der Waals surface area contributed by atoms with E-state index in [0.29, 0.717) is 17.9 Å². The van der Waals surface area contributed by atoms with E-state index in [1.807, 2.05) is 54.6 Å². The fourth-order valence-corrected chi connectivity index (χ4v) is 3.44. The third kappa shape index (κ3) is 2.54. The molecule has 3 nitrogen and oxygen atoms in total. The van der Waals surface area contributed by atoms with E-state index in [1.165, 1.54) is 7.11 Å². The average Bonchev–Trinajstić information content (AvgIpc) is 2.65. The van der Waals surface area contributed by atoms with Crippen LogP contribution in [0, 0.1) is 0 Å².